The number of rotatable bonds is 2. The Hall–Kier alpha value is -0.320. The van der Waals surface area contributed by atoms with Gasteiger partial charge in [0.2, 0.25) is 0 Å². The highest BCUT2D eigenvalue weighted by Crippen LogP contribution is 2.17. The van der Waals surface area contributed by atoms with Gasteiger partial charge in [-0.15, -0.1) is 4.48 Å². The van der Waals surface area contributed by atoms with Gasteiger partial charge in [0.1, 0.15) is 0 Å². The highest BCUT2D eigenvalue weighted by Gasteiger charge is 2.34. The molecule has 0 heterocycles. The third-order valence-corrected chi connectivity index (χ3v) is 0.612. The van der Waals surface area contributed by atoms with Gasteiger partial charge in [0.25, 0.3) is 0 Å². The molecular formula is C3H5F4N. The van der Waals surface area contributed by atoms with Gasteiger partial charge in [-0.3, -0.25) is 0 Å². The average Bonchev–Trinajstić information content (AvgIpc) is 1.67. The molecule has 0 saturated heterocycles. The first-order chi connectivity index (χ1) is 3.50. The molecule has 8 heavy (non-hydrogen) atoms. The fraction of sp³-hybridized carbons (Fsp3) is 1.00. The van der Waals surface area contributed by atoms with Crippen molar-refractivity contribution >= 4 is 0 Å². The van der Waals surface area contributed by atoms with E-state index < -0.39 is 17.8 Å². The summed E-state index contributed by atoms with van der Waals surface area (Å²) in [6.07, 6.45) is 0. The van der Waals surface area contributed by atoms with Crippen LogP contribution in [0.15, 0.2) is 0 Å². The molecule has 0 rings (SSSR count). The van der Waals surface area contributed by atoms with Crippen LogP contribution in [0.5, 0.6) is 0 Å². The van der Waals surface area contributed by atoms with E-state index >= 15 is 0 Å². The number of hydrogen-bond donors (Lipinski definition) is 0. The predicted molar refractivity (Wildman–Crippen MR) is 19.8 cm³/mol. The van der Waals surface area contributed by atoms with Crippen LogP contribution in [0.1, 0.15) is 0 Å². The molecule has 0 spiro atoms. The van der Waals surface area contributed by atoms with Crippen molar-refractivity contribution in [1.29, 1.82) is 0 Å². The molecular weight excluding hydrogens is 126 g/mol. The van der Waals surface area contributed by atoms with Crippen LogP contribution >= 0.6 is 0 Å². The first-order valence-corrected chi connectivity index (χ1v) is 1.84. The van der Waals surface area contributed by atoms with Gasteiger partial charge in [-0.2, -0.15) is 8.78 Å². The topological polar surface area (TPSA) is 3.24 Å². The lowest BCUT2D eigenvalue weighted by molar-refractivity contribution is -0.228. The van der Waals surface area contributed by atoms with Crippen molar-refractivity contribution < 1.29 is 17.7 Å². The minimum Gasteiger partial charge on any atom is -0.243 e. The molecule has 0 aromatic rings. The third-order valence-electron chi connectivity index (χ3n) is 0.612. The van der Waals surface area contributed by atoms with E-state index in [9.17, 15) is 17.7 Å². The van der Waals surface area contributed by atoms with Gasteiger partial charge in [-0.25, -0.2) is 4.39 Å². The van der Waals surface area contributed by atoms with Crippen LogP contribution in [0.2, 0.25) is 0 Å². The third kappa shape index (κ3) is 1.65. The van der Waals surface area contributed by atoms with Crippen LogP contribution in [-0.4, -0.2) is 24.9 Å². The molecule has 1 nitrogen and oxygen atoms in total. The molecule has 0 radical (unpaired) electrons. The Morgan fingerprint density at radius 3 is 1.88 bits per heavy atom. The lowest BCUT2D eigenvalue weighted by atomic mass is 10.6. The first kappa shape index (κ1) is 7.68. The molecule has 0 amide bonds. The zero-order valence-electron chi connectivity index (χ0n) is 4.17. The molecule has 0 aromatic heterocycles. The Labute approximate surface area is 43.8 Å². The maximum absolute atomic E-state index is 11.5. The second-order valence-electron chi connectivity index (χ2n) is 1.28. The molecule has 0 aliphatic heterocycles. The van der Waals surface area contributed by atoms with E-state index in [0.29, 0.717) is 7.05 Å². The molecule has 0 atom stereocenters. The van der Waals surface area contributed by atoms with Gasteiger partial charge in [-0.05, 0) is 0 Å². The second kappa shape index (κ2) is 2.30. The molecule has 0 unspecified atom stereocenters. The number of hydrogen-bond acceptors (Lipinski definition) is 1. The molecule has 0 fully saturated rings. The highest BCUT2D eigenvalue weighted by molar-refractivity contribution is 4.53. The SMILES string of the molecule is CN(F)C(F)(F)CF. The minimum atomic E-state index is -3.96. The Morgan fingerprint density at radius 2 is 1.88 bits per heavy atom. The van der Waals surface area contributed by atoms with E-state index in [4.69, 9.17) is 0 Å². The maximum Gasteiger partial charge on any atom is 0.357 e. The lowest BCUT2D eigenvalue weighted by Gasteiger charge is -2.14. The zero-order chi connectivity index (χ0) is 6.78. The average molecular weight is 131 g/mol. The fourth-order valence-corrected chi connectivity index (χ4v) is 0.0823. The normalized spacial score (nSPS) is 12.8. The Kier molecular flexibility index (Phi) is 2.21. The van der Waals surface area contributed by atoms with Gasteiger partial charge in [0.05, 0.1) is 0 Å². The van der Waals surface area contributed by atoms with Gasteiger partial charge in [0, 0.05) is 7.05 Å². The molecule has 50 valence electrons. The van der Waals surface area contributed by atoms with Crippen LogP contribution in [-0.2, 0) is 0 Å². The summed E-state index contributed by atoms with van der Waals surface area (Å²) in [4.78, 5) is 0. The smallest absolute Gasteiger partial charge is 0.243 e. The van der Waals surface area contributed by atoms with Gasteiger partial charge in [-0.1, -0.05) is 5.12 Å². The van der Waals surface area contributed by atoms with Crippen molar-refractivity contribution in [3.05, 3.63) is 0 Å². The standard InChI is InChI=1S/C3H5F4N/c1-8(7)3(5,6)2-4/h2H2,1H3. The van der Waals surface area contributed by atoms with Gasteiger partial charge < -0.3 is 0 Å². The van der Waals surface area contributed by atoms with Crippen molar-refractivity contribution in [2.24, 2.45) is 0 Å². The van der Waals surface area contributed by atoms with Crippen LogP contribution in [0, 0.1) is 0 Å². The summed E-state index contributed by atoms with van der Waals surface area (Å²) in [5.74, 6) is 0. The van der Waals surface area contributed by atoms with Crippen LogP contribution in [0.4, 0.5) is 17.7 Å². The largest absolute Gasteiger partial charge is 0.357 e. The molecule has 0 saturated carbocycles. The monoisotopic (exact) mass is 131 g/mol. The first-order valence-electron chi connectivity index (χ1n) is 1.84. The Balaban J connectivity index is 3.71. The van der Waals surface area contributed by atoms with Crippen molar-refractivity contribution in [2.75, 3.05) is 13.7 Å². The van der Waals surface area contributed by atoms with E-state index in [1.807, 2.05) is 0 Å². The summed E-state index contributed by atoms with van der Waals surface area (Å²) in [6, 6.07) is -3.96. The molecule has 0 aromatic carbocycles. The Morgan fingerprint density at radius 1 is 1.50 bits per heavy atom. The molecule has 0 aliphatic rings. The predicted octanol–water partition coefficient (Wildman–Crippen LogP) is 1.37. The van der Waals surface area contributed by atoms with Crippen LogP contribution in [0.25, 0.3) is 0 Å². The second-order valence-corrected chi connectivity index (χ2v) is 1.28. The van der Waals surface area contributed by atoms with E-state index in [0.717, 1.165) is 0 Å². The summed E-state index contributed by atoms with van der Waals surface area (Å²) >= 11 is 0. The van der Waals surface area contributed by atoms with E-state index in [-0.39, 0.29) is 0 Å². The molecule has 5 heteroatoms. The molecule has 0 bridgehead atoms. The lowest BCUT2D eigenvalue weighted by Crippen LogP contribution is -2.34. The Bertz CT molecular complexity index is 71.7. The summed E-state index contributed by atoms with van der Waals surface area (Å²) in [6.45, 7) is -2.00. The van der Waals surface area contributed by atoms with Crippen LogP contribution < -0.4 is 0 Å². The van der Waals surface area contributed by atoms with Gasteiger partial charge in [0.15, 0.2) is 6.67 Å². The number of nitrogens with zero attached hydrogens (tertiary/aromatic N) is 1. The maximum atomic E-state index is 11.5. The molecule has 0 aliphatic carbocycles. The van der Waals surface area contributed by atoms with E-state index in [1.54, 1.807) is 0 Å². The number of halogens is 4. The quantitative estimate of drug-likeness (QED) is 0.310. The summed E-state index contributed by atoms with van der Waals surface area (Å²) in [7, 11) is 0.458. The fourth-order valence-electron chi connectivity index (χ4n) is 0.0823. The van der Waals surface area contributed by atoms with Crippen molar-refractivity contribution in [1.82, 2.24) is 5.12 Å². The van der Waals surface area contributed by atoms with Crippen molar-refractivity contribution in [3.8, 4) is 0 Å². The molecule has 0 N–H and O–H groups in total. The zero-order valence-corrected chi connectivity index (χ0v) is 4.17. The van der Waals surface area contributed by atoms with Crippen molar-refractivity contribution in [2.45, 2.75) is 6.05 Å². The summed E-state index contributed by atoms with van der Waals surface area (Å²) in [5, 5.41) is -0.965. The van der Waals surface area contributed by atoms with Crippen LogP contribution in [0.3, 0.4) is 0 Å². The minimum absolute atomic E-state index is 0.458. The van der Waals surface area contributed by atoms with Crippen molar-refractivity contribution in [3.63, 3.8) is 0 Å². The highest BCUT2D eigenvalue weighted by atomic mass is 19.3. The van der Waals surface area contributed by atoms with E-state index in [2.05, 4.69) is 0 Å². The summed E-state index contributed by atoms with van der Waals surface area (Å²) < 4.78 is 45.2. The summed E-state index contributed by atoms with van der Waals surface area (Å²) in [5.41, 5.74) is 0. The van der Waals surface area contributed by atoms with Gasteiger partial charge >= 0.3 is 6.05 Å². The number of alkyl halides is 3. The van der Waals surface area contributed by atoms with E-state index in [1.165, 1.54) is 0 Å².